The first-order valence-electron chi connectivity index (χ1n) is 5.71. The fourth-order valence-corrected chi connectivity index (χ4v) is 2.99. The summed E-state index contributed by atoms with van der Waals surface area (Å²) in [5.41, 5.74) is 4.67. The zero-order valence-corrected chi connectivity index (χ0v) is 11.7. The Labute approximate surface area is 118 Å². The zero-order valence-electron chi connectivity index (χ0n) is 10.0. The fraction of sp³-hybridized carbons (Fsp3) is 0.364. The van der Waals surface area contributed by atoms with Gasteiger partial charge in [-0.25, -0.2) is 0 Å². The number of hydrogen-bond acceptors (Lipinski definition) is 5. The van der Waals surface area contributed by atoms with Crippen LogP contribution in [0.5, 0.6) is 0 Å². The van der Waals surface area contributed by atoms with Crippen LogP contribution in [0.2, 0.25) is 0 Å². The number of amides is 3. The lowest BCUT2D eigenvalue weighted by atomic mass is 10.4. The molecule has 1 aromatic rings. The summed E-state index contributed by atoms with van der Waals surface area (Å²) in [5, 5.41) is 1.79. The molecule has 2 N–H and O–H groups in total. The largest absolute Gasteiger partial charge is 0.332 e. The third-order valence-electron chi connectivity index (χ3n) is 2.51. The Hall–Kier alpha value is -1.54. The number of thioether (sulfide) groups is 1. The molecule has 1 aliphatic heterocycles. The molecule has 0 saturated carbocycles. The summed E-state index contributed by atoms with van der Waals surface area (Å²) in [5.74, 6) is 0.126. The number of carbonyl (C=O) groups is 3. The van der Waals surface area contributed by atoms with Gasteiger partial charge in [0.15, 0.2) is 0 Å². The van der Waals surface area contributed by atoms with Crippen LogP contribution >= 0.6 is 23.1 Å². The van der Waals surface area contributed by atoms with Crippen LogP contribution in [-0.4, -0.2) is 40.8 Å². The highest BCUT2D eigenvalue weighted by Crippen LogP contribution is 2.16. The van der Waals surface area contributed by atoms with E-state index < -0.39 is 0 Å². The molecule has 3 amide bonds. The van der Waals surface area contributed by atoms with Gasteiger partial charge >= 0.3 is 0 Å². The molecule has 8 heteroatoms. The van der Waals surface area contributed by atoms with Crippen molar-refractivity contribution in [2.24, 2.45) is 0 Å². The topological polar surface area (TPSA) is 78.5 Å². The molecule has 2 rings (SSSR count). The monoisotopic (exact) mass is 299 g/mol. The first-order valence-corrected chi connectivity index (χ1v) is 7.58. The van der Waals surface area contributed by atoms with Crippen molar-refractivity contribution < 1.29 is 14.4 Å². The van der Waals surface area contributed by atoms with Crippen LogP contribution in [0, 0.1) is 0 Å². The molecule has 0 spiro atoms. The van der Waals surface area contributed by atoms with Crippen LogP contribution in [0.15, 0.2) is 17.5 Å². The first kappa shape index (κ1) is 13.9. The van der Waals surface area contributed by atoms with E-state index in [9.17, 15) is 14.4 Å². The summed E-state index contributed by atoms with van der Waals surface area (Å²) >= 11 is 2.56. The third-order valence-corrected chi connectivity index (χ3v) is 4.27. The van der Waals surface area contributed by atoms with E-state index >= 15 is 0 Å². The van der Waals surface area contributed by atoms with Crippen LogP contribution in [0.3, 0.4) is 0 Å². The summed E-state index contributed by atoms with van der Waals surface area (Å²) in [4.78, 5) is 36.5. The normalized spacial score (nSPS) is 14.5. The highest BCUT2D eigenvalue weighted by atomic mass is 32.2. The van der Waals surface area contributed by atoms with E-state index in [-0.39, 0.29) is 23.5 Å². The van der Waals surface area contributed by atoms with Crippen LogP contribution in [0.25, 0.3) is 0 Å². The number of nitrogens with zero attached hydrogens (tertiary/aromatic N) is 1. The lowest BCUT2D eigenvalue weighted by molar-refractivity contribution is -0.122. The van der Waals surface area contributed by atoms with Gasteiger partial charge in [-0.1, -0.05) is 17.8 Å². The number of nitrogens with one attached hydrogen (secondary N) is 2. The van der Waals surface area contributed by atoms with Crippen molar-refractivity contribution >= 4 is 40.2 Å². The maximum Gasteiger partial charge on any atom is 0.281 e. The summed E-state index contributed by atoms with van der Waals surface area (Å²) in [6, 6.07) is 3.43. The van der Waals surface area contributed by atoms with E-state index in [4.69, 9.17) is 0 Å². The number of carbonyl (C=O) groups excluding carboxylic acids is 3. The molecule has 2 heterocycles. The van der Waals surface area contributed by atoms with E-state index in [0.29, 0.717) is 18.0 Å². The van der Waals surface area contributed by atoms with Crippen LogP contribution in [0.4, 0.5) is 4.79 Å². The molecule has 102 valence electrons. The highest BCUT2D eigenvalue weighted by Gasteiger charge is 2.21. The Morgan fingerprint density at radius 1 is 1.37 bits per heavy atom. The Morgan fingerprint density at radius 2 is 2.21 bits per heavy atom. The Kier molecular flexibility index (Phi) is 4.80. The first-order chi connectivity index (χ1) is 9.16. The van der Waals surface area contributed by atoms with Gasteiger partial charge < -0.3 is 4.90 Å². The molecule has 6 nitrogen and oxygen atoms in total. The van der Waals surface area contributed by atoms with Crippen molar-refractivity contribution in [3.8, 4) is 0 Å². The van der Waals surface area contributed by atoms with Crippen molar-refractivity contribution in [1.82, 2.24) is 15.8 Å². The Balaban J connectivity index is 1.67. The summed E-state index contributed by atoms with van der Waals surface area (Å²) in [6.45, 7) is 1.06. The molecule has 0 aromatic carbocycles. The van der Waals surface area contributed by atoms with Gasteiger partial charge in [-0.05, 0) is 11.4 Å². The second kappa shape index (κ2) is 6.58. The van der Waals surface area contributed by atoms with Gasteiger partial charge in [0.2, 0.25) is 5.91 Å². The SMILES string of the molecule is O=C(CCN1CCSC1=O)NNC(=O)c1cccs1. The summed E-state index contributed by atoms with van der Waals surface area (Å²) in [7, 11) is 0. The van der Waals surface area contributed by atoms with Crippen LogP contribution in [0.1, 0.15) is 16.1 Å². The lowest BCUT2D eigenvalue weighted by Gasteiger charge is -2.13. The maximum absolute atomic E-state index is 11.5. The second-order valence-corrected chi connectivity index (χ2v) is 5.82. The summed E-state index contributed by atoms with van der Waals surface area (Å²) < 4.78 is 0. The molecule has 1 aromatic heterocycles. The molecule has 1 saturated heterocycles. The van der Waals surface area contributed by atoms with Gasteiger partial charge in [0.1, 0.15) is 0 Å². The van der Waals surface area contributed by atoms with E-state index in [2.05, 4.69) is 10.9 Å². The molecular weight excluding hydrogens is 286 g/mol. The van der Waals surface area contributed by atoms with Gasteiger partial charge in [-0.3, -0.25) is 25.2 Å². The lowest BCUT2D eigenvalue weighted by Crippen LogP contribution is -2.42. The average molecular weight is 299 g/mol. The van der Waals surface area contributed by atoms with Crippen molar-refractivity contribution in [3.05, 3.63) is 22.4 Å². The van der Waals surface area contributed by atoms with Crippen LogP contribution in [-0.2, 0) is 4.79 Å². The predicted molar refractivity (Wildman–Crippen MR) is 74.0 cm³/mol. The van der Waals surface area contributed by atoms with E-state index in [1.165, 1.54) is 23.1 Å². The molecule has 19 heavy (non-hydrogen) atoms. The highest BCUT2D eigenvalue weighted by molar-refractivity contribution is 8.13. The smallest absolute Gasteiger partial charge is 0.281 e. The fourth-order valence-electron chi connectivity index (χ4n) is 1.52. The predicted octanol–water partition coefficient (Wildman–Crippen LogP) is 1.07. The van der Waals surface area contributed by atoms with Crippen LogP contribution < -0.4 is 10.9 Å². The Bertz CT molecular complexity index is 476. The zero-order chi connectivity index (χ0) is 13.7. The number of hydrogen-bond donors (Lipinski definition) is 2. The average Bonchev–Trinajstić information content (AvgIpc) is 3.05. The van der Waals surface area contributed by atoms with E-state index in [1.807, 2.05) is 0 Å². The third kappa shape index (κ3) is 3.97. The molecule has 0 radical (unpaired) electrons. The minimum Gasteiger partial charge on any atom is -0.332 e. The minimum absolute atomic E-state index is 0.00965. The van der Waals surface area contributed by atoms with E-state index in [0.717, 1.165) is 5.75 Å². The van der Waals surface area contributed by atoms with Gasteiger partial charge in [0.05, 0.1) is 4.88 Å². The molecule has 0 atom stereocenters. The number of hydrazine groups is 1. The van der Waals surface area contributed by atoms with Gasteiger partial charge in [0.25, 0.3) is 11.1 Å². The summed E-state index contributed by atoms with van der Waals surface area (Å²) in [6.07, 6.45) is 0.178. The van der Waals surface area contributed by atoms with Gasteiger partial charge in [-0.2, -0.15) is 0 Å². The molecule has 0 aliphatic carbocycles. The van der Waals surface area contributed by atoms with Crippen molar-refractivity contribution in [3.63, 3.8) is 0 Å². The Morgan fingerprint density at radius 3 is 2.84 bits per heavy atom. The standard InChI is InChI=1S/C11H13N3O3S2/c15-9(3-4-14-5-7-19-11(14)17)12-13-10(16)8-2-1-6-18-8/h1-2,6H,3-5,7H2,(H,12,15)(H,13,16). The van der Waals surface area contributed by atoms with E-state index in [1.54, 1.807) is 22.4 Å². The van der Waals surface area contributed by atoms with Crippen molar-refractivity contribution in [1.29, 1.82) is 0 Å². The van der Waals surface area contributed by atoms with Gasteiger partial charge in [0, 0.05) is 25.3 Å². The molecule has 1 aliphatic rings. The maximum atomic E-state index is 11.5. The number of thiophene rings is 1. The van der Waals surface area contributed by atoms with Crippen molar-refractivity contribution in [2.45, 2.75) is 6.42 Å². The molecule has 0 bridgehead atoms. The molecule has 0 unspecified atom stereocenters. The molecule has 1 fully saturated rings. The minimum atomic E-state index is -0.337. The van der Waals surface area contributed by atoms with Crippen molar-refractivity contribution in [2.75, 3.05) is 18.8 Å². The number of rotatable bonds is 4. The second-order valence-electron chi connectivity index (χ2n) is 3.83. The van der Waals surface area contributed by atoms with Gasteiger partial charge in [-0.15, -0.1) is 11.3 Å². The quantitative estimate of drug-likeness (QED) is 0.815. The molecular formula is C11H13N3O3S2.